The zero-order chi connectivity index (χ0) is 23.5. The molecule has 3 heteroatoms. The SMILES string of the molecule is CC1=C([Si](c2ccccc2)(c2ccccc2)C(C)(C)C)CC(CC(=O)C2CCCCCC2)O1. The zero-order valence-corrected chi connectivity index (χ0v) is 21.9. The Labute approximate surface area is 201 Å². The second kappa shape index (κ2) is 10.0. The summed E-state index contributed by atoms with van der Waals surface area (Å²) in [6.45, 7) is 9.32. The molecule has 1 aliphatic carbocycles. The van der Waals surface area contributed by atoms with Crippen LogP contribution in [0.1, 0.15) is 79.1 Å². The molecular weight excluding hydrogens is 420 g/mol. The van der Waals surface area contributed by atoms with E-state index in [0.29, 0.717) is 12.2 Å². The van der Waals surface area contributed by atoms with Gasteiger partial charge in [0.15, 0.2) is 8.07 Å². The quantitative estimate of drug-likeness (QED) is 0.359. The number of carbonyl (C=O) groups is 1. The Bertz CT molecular complexity index is 924. The Morgan fingerprint density at radius 3 is 1.88 bits per heavy atom. The van der Waals surface area contributed by atoms with Gasteiger partial charge in [0.1, 0.15) is 11.9 Å². The fourth-order valence-corrected chi connectivity index (χ4v) is 12.6. The first-order chi connectivity index (χ1) is 15.8. The maximum absolute atomic E-state index is 13.2. The number of ether oxygens (including phenoxy) is 1. The Hall–Kier alpha value is -2.13. The molecule has 0 aromatic heterocycles. The molecule has 2 aromatic rings. The van der Waals surface area contributed by atoms with E-state index in [1.165, 1.54) is 41.3 Å². The van der Waals surface area contributed by atoms with E-state index in [-0.39, 0.29) is 17.1 Å². The van der Waals surface area contributed by atoms with Crippen molar-refractivity contribution < 1.29 is 9.53 Å². The van der Waals surface area contributed by atoms with Gasteiger partial charge in [0.2, 0.25) is 0 Å². The topological polar surface area (TPSA) is 26.3 Å². The molecule has 2 aliphatic rings. The Balaban J connectivity index is 1.69. The lowest BCUT2D eigenvalue weighted by atomic mass is 9.92. The van der Waals surface area contributed by atoms with Crippen LogP contribution >= 0.6 is 0 Å². The maximum Gasteiger partial charge on any atom is 0.153 e. The van der Waals surface area contributed by atoms with Crippen molar-refractivity contribution in [1.82, 2.24) is 0 Å². The smallest absolute Gasteiger partial charge is 0.153 e. The Morgan fingerprint density at radius 2 is 1.39 bits per heavy atom. The summed E-state index contributed by atoms with van der Waals surface area (Å²) in [5.74, 6) is 1.73. The van der Waals surface area contributed by atoms with Crippen LogP contribution in [0, 0.1) is 5.92 Å². The van der Waals surface area contributed by atoms with Crippen molar-refractivity contribution in [2.45, 2.75) is 90.2 Å². The Kier molecular flexibility index (Phi) is 7.28. The number of hydrogen-bond donors (Lipinski definition) is 0. The predicted octanol–water partition coefficient (Wildman–Crippen LogP) is 6.58. The number of allylic oxidation sites excluding steroid dienone is 1. The molecule has 2 aromatic carbocycles. The van der Waals surface area contributed by atoms with Gasteiger partial charge in [0.05, 0.1) is 5.76 Å². The van der Waals surface area contributed by atoms with Gasteiger partial charge in [0.25, 0.3) is 0 Å². The fraction of sp³-hybridized carbons (Fsp3) is 0.500. The number of hydrogen-bond acceptors (Lipinski definition) is 2. The third kappa shape index (κ3) is 4.75. The van der Waals surface area contributed by atoms with E-state index < -0.39 is 8.07 Å². The highest BCUT2D eigenvalue weighted by Crippen LogP contribution is 2.46. The van der Waals surface area contributed by atoms with Gasteiger partial charge < -0.3 is 4.74 Å². The normalized spacial score (nSPS) is 20.4. The summed E-state index contributed by atoms with van der Waals surface area (Å²) in [4.78, 5) is 13.2. The highest BCUT2D eigenvalue weighted by molar-refractivity contribution is 7.09. The molecule has 0 amide bonds. The molecule has 1 fully saturated rings. The Morgan fingerprint density at radius 1 is 0.879 bits per heavy atom. The van der Waals surface area contributed by atoms with Crippen molar-refractivity contribution in [2.24, 2.45) is 5.92 Å². The summed E-state index contributed by atoms with van der Waals surface area (Å²) in [7, 11) is -2.38. The van der Waals surface area contributed by atoms with Gasteiger partial charge in [-0.05, 0) is 40.4 Å². The van der Waals surface area contributed by atoms with Crippen LogP contribution < -0.4 is 10.4 Å². The molecule has 1 heterocycles. The van der Waals surface area contributed by atoms with Crippen molar-refractivity contribution >= 4 is 24.2 Å². The van der Waals surface area contributed by atoms with Crippen LogP contribution in [0.4, 0.5) is 0 Å². The zero-order valence-electron chi connectivity index (χ0n) is 20.9. The summed E-state index contributed by atoms with van der Waals surface area (Å²) >= 11 is 0. The number of ketones is 1. The minimum absolute atomic E-state index is 0.0163. The number of carbonyl (C=O) groups excluding carboxylic acids is 1. The van der Waals surface area contributed by atoms with E-state index in [9.17, 15) is 4.79 Å². The number of benzene rings is 2. The van der Waals surface area contributed by atoms with Gasteiger partial charge in [-0.15, -0.1) is 0 Å². The van der Waals surface area contributed by atoms with E-state index >= 15 is 0 Å². The third-order valence-corrected chi connectivity index (χ3v) is 14.0. The third-order valence-electron chi connectivity index (χ3n) is 7.93. The summed E-state index contributed by atoms with van der Waals surface area (Å²) in [6, 6.07) is 22.2. The molecule has 0 saturated heterocycles. The lowest BCUT2D eigenvalue weighted by molar-refractivity contribution is -0.125. The molecule has 2 nitrogen and oxygen atoms in total. The summed E-state index contributed by atoms with van der Waals surface area (Å²) in [6.07, 6.45) is 8.52. The fourth-order valence-electron chi connectivity index (χ4n) is 6.47. The molecule has 1 unspecified atom stereocenters. The largest absolute Gasteiger partial charge is 0.495 e. The second-order valence-electron chi connectivity index (χ2n) is 11.1. The molecular formula is C30H40O2Si. The minimum Gasteiger partial charge on any atom is -0.495 e. The van der Waals surface area contributed by atoms with Crippen molar-refractivity contribution in [3.05, 3.63) is 71.6 Å². The van der Waals surface area contributed by atoms with E-state index in [1.54, 1.807) is 0 Å². The molecule has 1 aliphatic heterocycles. The van der Waals surface area contributed by atoms with Crippen LogP contribution in [-0.4, -0.2) is 20.0 Å². The lowest BCUT2D eigenvalue weighted by Gasteiger charge is -2.45. The average Bonchev–Trinajstić information content (AvgIpc) is 2.99. The lowest BCUT2D eigenvalue weighted by Crippen LogP contribution is -2.66. The molecule has 0 radical (unpaired) electrons. The monoisotopic (exact) mass is 460 g/mol. The maximum atomic E-state index is 13.2. The van der Waals surface area contributed by atoms with Crippen molar-refractivity contribution in [2.75, 3.05) is 0 Å². The van der Waals surface area contributed by atoms with Gasteiger partial charge in [-0.1, -0.05) is 107 Å². The molecule has 1 saturated carbocycles. The van der Waals surface area contributed by atoms with Gasteiger partial charge >= 0.3 is 0 Å². The first kappa shape index (κ1) is 24.0. The van der Waals surface area contributed by atoms with Crippen molar-refractivity contribution in [1.29, 1.82) is 0 Å². The van der Waals surface area contributed by atoms with E-state index in [4.69, 9.17) is 4.74 Å². The molecule has 33 heavy (non-hydrogen) atoms. The van der Waals surface area contributed by atoms with Crippen LogP contribution in [0.3, 0.4) is 0 Å². The van der Waals surface area contributed by atoms with Crippen LogP contribution in [0.15, 0.2) is 71.6 Å². The number of rotatable bonds is 6. The van der Waals surface area contributed by atoms with Crippen molar-refractivity contribution in [3.63, 3.8) is 0 Å². The standard InChI is InChI=1S/C30H40O2Si/c1-23-29(22-25(32-23)21-28(31)24-15-9-5-6-10-16-24)33(30(2,3)4,26-17-11-7-12-18-26)27-19-13-8-14-20-27/h7-8,11-14,17-20,24-25H,5-6,9-10,15-16,21-22H2,1-4H3. The van der Waals surface area contributed by atoms with E-state index in [1.807, 2.05) is 0 Å². The van der Waals surface area contributed by atoms with Gasteiger partial charge in [-0.3, -0.25) is 4.79 Å². The highest BCUT2D eigenvalue weighted by atomic mass is 28.3. The molecule has 176 valence electrons. The first-order valence-corrected chi connectivity index (χ1v) is 14.8. The van der Waals surface area contributed by atoms with E-state index in [0.717, 1.165) is 25.0 Å². The van der Waals surface area contributed by atoms with E-state index in [2.05, 4.69) is 88.4 Å². The molecule has 0 N–H and O–H groups in total. The average molecular weight is 461 g/mol. The predicted molar refractivity (Wildman–Crippen MR) is 141 cm³/mol. The van der Waals surface area contributed by atoms with Crippen LogP contribution in [-0.2, 0) is 9.53 Å². The van der Waals surface area contributed by atoms with Crippen LogP contribution in [0.5, 0.6) is 0 Å². The highest BCUT2D eigenvalue weighted by Gasteiger charge is 2.53. The van der Waals surface area contributed by atoms with Gasteiger partial charge in [-0.2, -0.15) is 0 Å². The van der Waals surface area contributed by atoms with Gasteiger partial charge in [-0.25, -0.2) is 0 Å². The summed E-state index contributed by atoms with van der Waals surface area (Å²) < 4.78 is 6.50. The second-order valence-corrected chi connectivity index (χ2v) is 15.8. The van der Waals surface area contributed by atoms with Gasteiger partial charge in [0, 0.05) is 18.8 Å². The molecule has 0 bridgehead atoms. The molecule has 1 atom stereocenters. The molecule has 0 spiro atoms. The van der Waals surface area contributed by atoms with Crippen LogP contribution in [0.2, 0.25) is 5.04 Å². The van der Waals surface area contributed by atoms with Crippen LogP contribution in [0.25, 0.3) is 0 Å². The summed E-state index contributed by atoms with van der Waals surface area (Å²) in [5.41, 5.74) is 0. The first-order valence-electron chi connectivity index (χ1n) is 12.8. The number of Topliss-reactive ketones (excluding diaryl/α,β-unsaturated/α-hetero) is 1. The summed E-state index contributed by atoms with van der Waals surface area (Å²) in [5, 5.41) is 4.37. The van der Waals surface area contributed by atoms with Crippen molar-refractivity contribution in [3.8, 4) is 0 Å². The minimum atomic E-state index is -2.38. The molecule has 4 rings (SSSR count).